The Morgan fingerprint density at radius 1 is 1.11 bits per heavy atom. The number of aryl methyl sites for hydroxylation is 2. The van der Waals surface area contributed by atoms with E-state index in [1.807, 2.05) is 48.0 Å². The first-order valence-electron chi connectivity index (χ1n) is 5.67. The lowest BCUT2D eigenvalue weighted by molar-refractivity contribution is 0.424. The van der Waals surface area contributed by atoms with E-state index in [0.29, 0.717) is 17.4 Å². The highest BCUT2D eigenvalue weighted by molar-refractivity contribution is 5.48. The van der Waals surface area contributed by atoms with Gasteiger partial charge in [-0.25, -0.2) is 4.68 Å². The maximum Gasteiger partial charge on any atom is 0.278 e. The van der Waals surface area contributed by atoms with Gasteiger partial charge in [0, 0.05) is 5.69 Å². The smallest absolute Gasteiger partial charge is 0.278 e. The Morgan fingerprint density at radius 3 is 2.56 bits per heavy atom. The summed E-state index contributed by atoms with van der Waals surface area (Å²) in [5, 5.41) is 8.25. The van der Waals surface area contributed by atoms with E-state index >= 15 is 0 Å². The molecule has 3 aromatic rings. The number of para-hydroxylation sites is 1. The molecule has 2 aromatic heterocycles. The topological polar surface area (TPSA) is 56.7 Å². The van der Waals surface area contributed by atoms with Gasteiger partial charge in [-0.05, 0) is 32.0 Å². The molecular weight excluding hydrogens is 228 g/mol. The molecule has 18 heavy (non-hydrogen) atoms. The van der Waals surface area contributed by atoms with E-state index in [-0.39, 0.29) is 0 Å². The lowest BCUT2D eigenvalue weighted by Gasteiger charge is -2.02. The van der Waals surface area contributed by atoms with Crippen LogP contribution in [-0.4, -0.2) is 19.9 Å². The van der Waals surface area contributed by atoms with Gasteiger partial charge in [0.2, 0.25) is 0 Å². The molecule has 0 aliphatic rings. The average Bonchev–Trinajstić information content (AvgIpc) is 2.97. The lowest BCUT2D eigenvalue weighted by Crippen LogP contribution is -1.98. The molecule has 1 aromatic carbocycles. The molecule has 0 N–H and O–H groups in total. The summed E-state index contributed by atoms with van der Waals surface area (Å²) in [6.07, 6.45) is 0. The summed E-state index contributed by atoms with van der Waals surface area (Å²) in [5.74, 6) is 1.06. The Hall–Kier alpha value is -2.43. The zero-order chi connectivity index (χ0) is 12.5. The second kappa shape index (κ2) is 4.10. The van der Waals surface area contributed by atoms with E-state index in [9.17, 15) is 0 Å². The third-order valence-electron chi connectivity index (χ3n) is 2.63. The number of aromatic nitrogens is 4. The molecule has 0 saturated heterocycles. The molecule has 3 rings (SSSR count). The molecule has 5 heteroatoms. The van der Waals surface area contributed by atoms with Crippen molar-refractivity contribution >= 4 is 0 Å². The van der Waals surface area contributed by atoms with Gasteiger partial charge < -0.3 is 4.52 Å². The highest BCUT2D eigenvalue weighted by Crippen LogP contribution is 2.19. The quantitative estimate of drug-likeness (QED) is 0.690. The Balaban J connectivity index is 2.06. The van der Waals surface area contributed by atoms with E-state index < -0.39 is 0 Å². The number of rotatable bonds is 2. The number of benzene rings is 1. The van der Waals surface area contributed by atoms with Crippen molar-refractivity contribution in [2.24, 2.45) is 0 Å². The van der Waals surface area contributed by atoms with Crippen LogP contribution in [0, 0.1) is 13.8 Å². The van der Waals surface area contributed by atoms with Crippen molar-refractivity contribution in [2.45, 2.75) is 13.8 Å². The van der Waals surface area contributed by atoms with Gasteiger partial charge in [0.15, 0.2) is 11.5 Å². The zero-order valence-electron chi connectivity index (χ0n) is 10.2. The van der Waals surface area contributed by atoms with Crippen LogP contribution in [0.1, 0.15) is 11.5 Å². The van der Waals surface area contributed by atoms with Gasteiger partial charge in [-0.15, -0.1) is 0 Å². The molecule has 2 heterocycles. The third kappa shape index (κ3) is 1.79. The van der Waals surface area contributed by atoms with Crippen LogP contribution < -0.4 is 0 Å². The van der Waals surface area contributed by atoms with Gasteiger partial charge in [-0.1, -0.05) is 23.4 Å². The van der Waals surface area contributed by atoms with Crippen molar-refractivity contribution in [2.75, 3.05) is 0 Å². The van der Waals surface area contributed by atoms with Crippen molar-refractivity contribution in [3.8, 4) is 17.3 Å². The number of nitrogens with zero attached hydrogens (tertiary/aromatic N) is 4. The fourth-order valence-electron chi connectivity index (χ4n) is 1.81. The Labute approximate surface area is 104 Å². The van der Waals surface area contributed by atoms with Gasteiger partial charge >= 0.3 is 0 Å². The van der Waals surface area contributed by atoms with E-state index in [2.05, 4.69) is 15.2 Å². The van der Waals surface area contributed by atoms with Crippen LogP contribution in [-0.2, 0) is 0 Å². The number of hydrogen-bond donors (Lipinski definition) is 0. The van der Waals surface area contributed by atoms with Gasteiger partial charge in [0.1, 0.15) is 0 Å². The van der Waals surface area contributed by atoms with Gasteiger partial charge in [-0.3, -0.25) is 0 Å². The molecule has 0 amide bonds. The van der Waals surface area contributed by atoms with E-state index in [4.69, 9.17) is 4.52 Å². The largest absolute Gasteiger partial charge is 0.332 e. The van der Waals surface area contributed by atoms with Gasteiger partial charge in [0.05, 0.1) is 5.69 Å². The first-order valence-corrected chi connectivity index (χ1v) is 5.67. The summed E-state index contributed by atoms with van der Waals surface area (Å²) in [6.45, 7) is 3.78. The van der Waals surface area contributed by atoms with Crippen LogP contribution in [0.3, 0.4) is 0 Å². The molecule has 0 radical (unpaired) electrons. The van der Waals surface area contributed by atoms with Crippen LogP contribution in [0.5, 0.6) is 0 Å². The maximum absolute atomic E-state index is 5.12. The molecule has 0 fully saturated rings. The van der Waals surface area contributed by atoms with E-state index in [1.54, 1.807) is 6.92 Å². The minimum absolute atomic E-state index is 0.449. The molecule has 0 unspecified atom stereocenters. The third-order valence-corrected chi connectivity index (χ3v) is 2.63. The summed E-state index contributed by atoms with van der Waals surface area (Å²) in [4.78, 5) is 4.18. The van der Waals surface area contributed by atoms with Crippen molar-refractivity contribution in [3.63, 3.8) is 0 Å². The summed E-state index contributed by atoms with van der Waals surface area (Å²) in [7, 11) is 0. The van der Waals surface area contributed by atoms with Crippen LogP contribution in [0.4, 0.5) is 0 Å². The molecule has 0 atom stereocenters. The Morgan fingerprint density at radius 2 is 1.89 bits per heavy atom. The predicted octanol–water partition coefficient (Wildman–Crippen LogP) is 2.54. The van der Waals surface area contributed by atoms with E-state index in [1.165, 1.54) is 0 Å². The molecular formula is C13H12N4O. The fourth-order valence-corrected chi connectivity index (χ4v) is 1.81. The number of hydrogen-bond acceptors (Lipinski definition) is 4. The summed E-state index contributed by atoms with van der Waals surface area (Å²) in [6, 6.07) is 11.9. The second-order valence-electron chi connectivity index (χ2n) is 4.07. The van der Waals surface area contributed by atoms with Crippen molar-refractivity contribution in [1.82, 2.24) is 19.9 Å². The molecule has 0 aliphatic heterocycles. The van der Waals surface area contributed by atoms with Gasteiger partial charge in [-0.2, -0.15) is 10.1 Å². The summed E-state index contributed by atoms with van der Waals surface area (Å²) < 4.78 is 6.97. The lowest BCUT2D eigenvalue weighted by atomic mass is 10.3. The van der Waals surface area contributed by atoms with Crippen molar-refractivity contribution in [1.29, 1.82) is 0 Å². The van der Waals surface area contributed by atoms with Crippen molar-refractivity contribution < 1.29 is 4.52 Å². The fraction of sp³-hybridized carbons (Fsp3) is 0.154. The monoisotopic (exact) mass is 240 g/mol. The highest BCUT2D eigenvalue weighted by atomic mass is 16.5. The minimum Gasteiger partial charge on any atom is -0.332 e. The zero-order valence-corrected chi connectivity index (χ0v) is 10.2. The second-order valence-corrected chi connectivity index (χ2v) is 4.07. The van der Waals surface area contributed by atoms with E-state index in [0.717, 1.165) is 11.4 Å². The van der Waals surface area contributed by atoms with Crippen LogP contribution in [0.15, 0.2) is 40.9 Å². The Bertz CT molecular complexity index is 669. The normalized spacial score (nSPS) is 10.8. The van der Waals surface area contributed by atoms with Crippen LogP contribution >= 0.6 is 0 Å². The molecule has 0 bridgehead atoms. The SMILES string of the molecule is Cc1noc(-c2cc(C)n(-c3ccccc3)n2)n1. The first kappa shape index (κ1) is 10.7. The molecule has 0 spiro atoms. The first-order chi connectivity index (χ1) is 8.74. The minimum atomic E-state index is 0.449. The van der Waals surface area contributed by atoms with Gasteiger partial charge in [0.25, 0.3) is 5.89 Å². The molecule has 5 nitrogen and oxygen atoms in total. The highest BCUT2D eigenvalue weighted by Gasteiger charge is 2.13. The van der Waals surface area contributed by atoms with Crippen LogP contribution in [0.25, 0.3) is 17.3 Å². The maximum atomic E-state index is 5.12. The molecule has 0 saturated carbocycles. The Kier molecular flexibility index (Phi) is 2.44. The summed E-state index contributed by atoms with van der Waals surface area (Å²) in [5.41, 5.74) is 2.72. The standard InChI is InChI=1S/C13H12N4O/c1-9-8-12(13-14-10(2)16-18-13)15-17(9)11-6-4-3-5-7-11/h3-8H,1-2H3. The van der Waals surface area contributed by atoms with Crippen molar-refractivity contribution in [3.05, 3.63) is 47.9 Å². The molecule has 90 valence electrons. The molecule has 0 aliphatic carbocycles. The predicted molar refractivity (Wildman–Crippen MR) is 66.3 cm³/mol. The summed E-state index contributed by atoms with van der Waals surface area (Å²) >= 11 is 0. The average molecular weight is 240 g/mol. The van der Waals surface area contributed by atoms with Crippen LogP contribution in [0.2, 0.25) is 0 Å².